The molecule has 0 aliphatic rings. The molecule has 0 unspecified atom stereocenters. The molecule has 0 radical (unpaired) electrons. The summed E-state index contributed by atoms with van der Waals surface area (Å²) in [5.41, 5.74) is -0.298. The zero-order chi connectivity index (χ0) is 15.1. The largest absolute Gasteiger partial charge is 0.269 e. The fourth-order valence-electron chi connectivity index (χ4n) is 0.813. The summed E-state index contributed by atoms with van der Waals surface area (Å²) in [4.78, 5) is 9.88. The van der Waals surface area contributed by atoms with Crippen molar-refractivity contribution in [3.8, 4) is 0 Å². The SMILES string of the molecule is [2H]C([2H])([2H])C(Br)(c1ccc([N+](=O)[O-])cc1)C([2H])([2H])[2H]. The first-order valence-electron chi connectivity index (χ1n) is 6.35. The lowest BCUT2D eigenvalue weighted by Gasteiger charge is -2.15. The fraction of sp³-hybridized carbons (Fsp3) is 0.333. The highest BCUT2D eigenvalue weighted by Crippen LogP contribution is 2.30. The van der Waals surface area contributed by atoms with Crippen LogP contribution in [0.3, 0.4) is 0 Å². The van der Waals surface area contributed by atoms with Crippen molar-refractivity contribution in [1.82, 2.24) is 0 Å². The number of alkyl halides is 1. The molecular formula is C9H10BrNO2. The van der Waals surface area contributed by atoms with E-state index in [1.807, 2.05) is 0 Å². The zero-order valence-corrected chi connectivity index (χ0v) is 8.04. The summed E-state index contributed by atoms with van der Waals surface area (Å²) >= 11 is 2.80. The number of non-ortho nitro benzene ring substituents is 1. The van der Waals surface area contributed by atoms with Gasteiger partial charge in [0.1, 0.15) is 0 Å². The number of halogens is 1. The van der Waals surface area contributed by atoms with Crippen molar-refractivity contribution in [3.63, 3.8) is 0 Å². The third-order valence-electron chi connectivity index (χ3n) is 1.48. The van der Waals surface area contributed by atoms with E-state index in [0.29, 0.717) is 0 Å². The molecule has 0 spiro atoms. The molecule has 0 amide bonds. The molecule has 0 saturated heterocycles. The smallest absolute Gasteiger partial charge is 0.258 e. The van der Waals surface area contributed by atoms with Gasteiger partial charge < -0.3 is 0 Å². The number of hydrogen-bond acceptors (Lipinski definition) is 2. The summed E-state index contributed by atoms with van der Waals surface area (Å²) in [5, 5.41) is 10.5. The van der Waals surface area contributed by atoms with Gasteiger partial charge in [0.05, 0.1) is 4.92 Å². The van der Waals surface area contributed by atoms with Crippen LogP contribution in [0.5, 0.6) is 0 Å². The van der Waals surface area contributed by atoms with Crippen LogP contribution in [0.25, 0.3) is 0 Å². The molecule has 0 N–H and O–H groups in total. The summed E-state index contributed by atoms with van der Waals surface area (Å²) in [7, 11) is 0. The Morgan fingerprint density at radius 2 is 2.00 bits per heavy atom. The number of rotatable bonds is 2. The van der Waals surface area contributed by atoms with Gasteiger partial charge >= 0.3 is 0 Å². The molecule has 70 valence electrons. The van der Waals surface area contributed by atoms with Gasteiger partial charge in [-0.1, -0.05) is 28.1 Å². The van der Waals surface area contributed by atoms with E-state index < -0.39 is 23.0 Å². The van der Waals surface area contributed by atoms with Crippen molar-refractivity contribution in [1.29, 1.82) is 0 Å². The summed E-state index contributed by atoms with van der Waals surface area (Å²) in [6.07, 6.45) is 0. The highest BCUT2D eigenvalue weighted by molar-refractivity contribution is 9.09. The molecule has 0 bridgehead atoms. The Hall–Kier alpha value is -0.900. The zero-order valence-electron chi connectivity index (χ0n) is 12.5. The minimum atomic E-state index is -2.84. The standard InChI is InChI=1S/C9H10BrNO2/c1-9(2,10)7-3-5-8(6-4-7)11(12)13/h3-6H,1-2H3/i1D3,2D3. The van der Waals surface area contributed by atoms with Crippen LogP contribution in [0.1, 0.15) is 27.5 Å². The molecule has 0 atom stereocenters. The molecule has 4 heteroatoms. The van der Waals surface area contributed by atoms with E-state index in [1.54, 1.807) is 0 Å². The van der Waals surface area contributed by atoms with Crippen molar-refractivity contribution in [2.75, 3.05) is 0 Å². The number of nitro groups is 1. The lowest BCUT2D eigenvalue weighted by atomic mass is 10.0. The van der Waals surface area contributed by atoms with Crippen LogP contribution >= 0.6 is 15.9 Å². The predicted octanol–water partition coefficient (Wildman–Crippen LogP) is 3.22. The number of nitro benzene ring substituents is 1. The fourth-order valence-corrected chi connectivity index (χ4v) is 1.08. The van der Waals surface area contributed by atoms with Crippen LogP contribution in [0.2, 0.25) is 0 Å². The van der Waals surface area contributed by atoms with E-state index in [0.717, 1.165) is 24.3 Å². The predicted molar refractivity (Wildman–Crippen MR) is 55.0 cm³/mol. The van der Waals surface area contributed by atoms with E-state index in [9.17, 15) is 10.1 Å². The van der Waals surface area contributed by atoms with Crippen molar-refractivity contribution in [2.24, 2.45) is 0 Å². The maximum atomic E-state index is 10.5. The van der Waals surface area contributed by atoms with Crippen LogP contribution < -0.4 is 0 Å². The molecule has 0 heterocycles. The van der Waals surface area contributed by atoms with Crippen molar-refractivity contribution in [2.45, 2.75) is 18.0 Å². The quantitative estimate of drug-likeness (QED) is 0.459. The topological polar surface area (TPSA) is 43.1 Å². The second-order valence-corrected chi connectivity index (χ2v) is 3.65. The van der Waals surface area contributed by atoms with E-state index in [4.69, 9.17) is 8.22 Å². The molecule has 1 aromatic rings. The highest BCUT2D eigenvalue weighted by atomic mass is 79.9. The normalized spacial score (nSPS) is 20.1. The van der Waals surface area contributed by atoms with E-state index in [-0.39, 0.29) is 11.3 Å². The molecule has 0 aromatic heterocycles. The average Bonchev–Trinajstić information content (AvgIpc) is 2.25. The molecule has 0 saturated carbocycles. The van der Waals surface area contributed by atoms with Gasteiger partial charge in [0.15, 0.2) is 0 Å². The average molecular weight is 250 g/mol. The second kappa shape index (κ2) is 3.46. The molecule has 0 fully saturated rings. The second-order valence-electron chi connectivity index (χ2n) is 2.46. The Morgan fingerprint density at radius 1 is 1.46 bits per heavy atom. The molecule has 1 rings (SSSR count). The Bertz CT molecular complexity index is 467. The van der Waals surface area contributed by atoms with Crippen molar-refractivity contribution >= 4 is 21.6 Å². The third-order valence-corrected chi connectivity index (χ3v) is 1.93. The van der Waals surface area contributed by atoms with E-state index in [2.05, 4.69) is 15.9 Å². The maximum Gasteiger partial charge on any atom is 0.269 e. The Labute approximate surface area is 93.5 Å². The molecule has 13 heavy (non-hydrogen) atoms. The minimum absolute atomic E-state index is 0.0573. The van der Waals surface area contributed by atoms with Gasteiger partial charge in [-0.25, -0.2) is 0 Å². The van der Waals surface area contributed by atoms with Gasteiger partial charge in [0.2, 0.25) is 0 Å². The lowest BCUT2D eigenvalue weighted by Crippen LogP contribution is -2.06. The summed E-state index contributed by atoms with van der Waals surface area (Å²) < 4.78 is 42.2. The Kier molecular flexibility index (Phi) is 1.21. The molecule has 0 aliphatic heterocycles. The van der Waals surface area contributed by atoms with Crippen LogP contribution in [0, 0.1) is 10.1 Å². The van der Waals surface area contributed by atoms with Gasteiger partial charge in [0, 0.05) is 24.7 Å². The van der Waals surface area contributed by atoms with Crippen LogP contribution in [0.15, 0.2) is 24.3 Å². The molecule has 3 nitrogen and oxygen atoms in total. The Balaban J connectivity index is 3.40. The van der Waals surface area contributed by atoms with E-state index >= 15 is 0 Å². The third kappa shape index (κ3) is 2.52. The molecular weight excluding hydrogens is 234 g/mol. The first kappa shape index (κ1) is 4.55. The van der Waals surface area contributed by atoms with Crippen LogP contribution in [-0.2, 0) is 4.32 Å². The highest BCUT2D eigenvalue weighted by Gasteiger charge is 2.16. The Morgan fingerprint density at radius 3 is 2.38 bits per heavy atom. The summed E-state index contributed by atoms with van der Waals surface area (Å²) in [6, 6.07) is 4.41. The van der Waals surface area contributed by atoms with Gasteiger partial charge in [-0.2, -0.15) is 0 Å². The minimum Gasteiger partial charge on any atom is -0.258 e. The molecule has 1 aromatic carbocycles. The van der Waals surface area contributed by atoms with Crippen LogP contribution in [-0.4, -0.2) is 4.92 Å². The summed E-state index contributed by atoms with van der Waals surface area (Å²) in [5.74, 6) is 0. The van der Waals surface area contributed by atoms with Gasteiger partial charge in [-0.15, -0.1) is 0 Å². The summed E-state index contributed by atoms with van der Waals surface area (Å²) in [6.45, 7) is -5.68. The van der Waals surface area contributed by atoms with Crippen molar-refractivity contribution < 1.29 is 13.1 Å². The van der Waals surface area contributed by atoms with Gasteiger partial charge in [0.25, 0.3) is 5.69 Å². The lowest BCUT2D eigenvalue weighted by molar-refractivity contribution is -0.384. The number of benzene rings is 1. The first-order chi connectivity index (χ1) is 8.41. The van der Waals surface area contributed by atoms with Crippen molar-refractivity contribution in [3.05, 3.63) is 39.9 Å². The monoisotopic (exact) mass is 249 g/mol. The van der Waals surface area contributed by atoms with Gasteiger partial charge in [-0.05, 0) is 19.3 Å². The first-order valence-corrected chi connectivity index (χ1v) is 4.14. The van der Waals surface area contributed by atoms with E-state index in [1.165, 1.54) is 0 Å². The maximum absolute atomic E-state index is 10.5. The number of hydrogen-bond donors (Lipinski definition) is 0. The van der Waals surface area contributed by atoms with Gasteiger partial charge in [-0.3, -0.25) is 10.1 Å². The number of nitrogens with zero attached hydrogens (tertiary/aromatic N) is 1. The van der Waals surface area contributed by atoms with Crippen LogP contribution in [0.4, 0.5) is 5.69 Å². The molecule has 0 aliphatic carbocycles.